The van der Waals surface area contributed by atoms with Crippen molar-refractivity contribution in [2.75, 3.05) is 23.6 Å². The van der Waals surface area contributed by atoms with E-state index < -0.39 is 0 Å². The Morgan fingerprint density at radius 3 is 2.36 bits per heavy atom. The highest BCUT2D eigenvalue weighted by Crippen LogP contribution is 2.34. The summed E-state index contributed by atoms with van der Waals surface area (Å²) in [5.41, 5.74) is 3.82. The van der Waals surface area contributed by atoms with Crippen LogP contribution in [0, 0.1) is 0 Å². The first-order valence-corrected chi connectivity index (χ1v) is 9.61. The molecule has 2 amide bonds. The summed E-state index contributed by atoms with van der Waals surface area (Å²) in [5.74, 6) is 1.07. The zero-order chi connectivity index (χ0) is 20.1. The van der Waals surface area contributed by atoms with Crippen molar-refractivity contribution in [1.29, 1.82) is 0 Å². The molecular formula is C22H26N2O4. The van der Waals surface area contributed by atoms with Crippen molar-refractivity contribution in [2.24, 2.45) is 0 Å². The number of aryl methyl sites for hydroxylation is 2. The number of rotatable bonds is 7. The zero-order valence-electron chi connectivity index (χ0n) is 16.6. The molecule has 148 valence electrons. The highest BCUT2D eigenvalue weighted by molar-refractivity contribution is 5.96. The number of fused-ring (bicyclic) bond motifs is 1. The van der Waals surface area contributed by atoms with E-state index in [2.05, 4.69) is 19.2 Å². The summed E-state index contributed by atoms with van der Waals surface area (Å²) in [6.45, 7) is 6.21. The molecule has 3 rings (SSSR count). The van der Waals surface area contributed by atoms with Gasteiger partial charge in [0.05, 0.1) is 0 Å². The number of carbonyl (C=O) groups excluding carboxylic acids is 2. The average Bonchev–Trinajstić information content (AvgIpc) is 3.15. The lowest BCUT2D eigenvalue weighted by Gasteiger charge is -2.26. The fourth-order valence-corrected chi connectivity index (χ4v) is 3.40. The third-order valence-corrected chi connectivity index (χ3v) is 4.83. The molecule has 0 fully saturated rings. The van der Waals surface area contributed by atoms with Gasteiger partial charge in [-0.3, -0.25) is 9.59 Å². The Balaban J connectivity index is 1.70. The smallest absolute Gasteiger partial charge is 0.231 e. The van der Waals surface area contributed by atoms with Gasteiger partial charge in [0.1, 0.15) is 0 Å². The summed E-state index contributed by atoms with van der Waals surface area (Å²) in [5, 5.41) is 2.86. The monoisotopic (exact) mass is 382 g/mol. The summed E-state index contributed by atoms with van der Waals surface area (Å²) in [6, 6.07) is 11.4. The second-order valence-electron chi connectivity index (χ2n) is 6.67. The van der Waals surface area contributed by atoms with Crippen molar-refractivity contribution in [3.8, 4) is 11.5 Å². The first-order valence-electron chi connectivity index (χ1n) is 9.61. The van der Waals surface area contributed by atoms with E-state index in [-0.39, 0.29) is 25.0 Å². The van der Waals surface area contributed by atoms with E-state index in [4.69, 9.17) is 9.47 Å². The van der Waals surface area contributed by atoms with E-state index in [1.165, 1.54) is 0 Å². The third kappa shape index (κ3) is 4.27. The van der Waals surface area contributed by atoms with Crippen LogP contribution in [0.25, 0.3) is 0 Å². The number of para-hydroxylation sites is 1. The van der Waals surface area contributed by atoms with Gasteiger partial charge < -0.3 is 19.7 Å². The predicted molar refractivity (Wildman–Crippen MR) is 109 cm³/mol. The average molecular weight is 382 g/mol. The van der Waals surface area contributed by atoms with Gasteiger partial charge in [0, 0.05) is 37.3 Å². The van der Waals surface area contributed by atoms with Gasteiger partial charge in [-0.1, -0.05) is 32.0 Å². The summed E-state index contributed by atoms with van der Waals surface area (Å²) in [4.78, 5) is 26.5. The lowest BCUT2D eigenvalue weighted by atomic mass is 10.0. The zero-order valence-corrected chi connectivity index (χ0v) is 16.6. The molecule has 1 aliphatic rings. The quantitative estimate of drug-likeness (QED) is 0.788. The molecule has 0 atom stereocenters. The minimum absolute atomic E-state index is 0.0634. The summed E-state index contributed by atoms with van der Waals surface area (Å²) < 4.78 is 10.6. The second-order valence-corrected chi connectivity index (χ2v) is 6.67. The maximum absolute atomic E-state index is 12.5. The minimum Gasteiger partial charge on any atom is -0.454 e. The Labute approximate surface area is 165 Å². The number of ether oxygens (including phenoxy) is 2. The molecule has 1 heterocycles. The molecule has 0 spiro atoms. The maximum atomic E-state index is 12.5. The first-order chi connectivity index (χ1) is 13.5. The van der Waals surface area contributed by atoms with Crippen molar-refractivity contribution in [1.82, 2.24) is 0 Å². The van der Waals surface area contributed by atoms with Crippen LogP contribution in [0.5, 0.6) is 11.5 Å². The SMILES string of the molecule is CCc1cccc(CC)c1N(CCC(=O)Nc1ccc2c(c1)OCO2)C(C)=O. The van der Waals surface area contributed by atoms with Gasteiger partial charge in [0.2, 0.25) is 18.6 Å². The number of nitrogens with one attached hydrogen (secondary N) is 1. The van der Waals surface area contributed by atoms with Crippen molar-refractivity contribution >= 4 is 23.2 Å². The second kappa shape index (κ2) is 8.78. The molecule has 0 saturated carbocycles. The number of benzene rings is 2. The molecule has 2 aromatic carbocycles. The largest absolute Gasteiger partial charge is 0.454 e. The van der Waals surface area contributed by atoms with Crippen molar-refractivity contribution in [2.45, 2.75) is 40.0 Å². The minimum atomic E-state index is -0.155. The molecular weight excluding hydrogens is 356 g/mol. The Kier molecular flexibility index (Phi) is 6.19. The van der Waals surface area contributed by atoms with Crippen molar-refractivity contribution in [3.63, 3.8) is 0 Å². The van der Waals surface area contributed by atoms with Crippen LogP contribution in [0.15, 0.2) is 36.4 Å². The standard InChI is InChI=1S/C22H26N2O4/c1-4-16-7-6-8-17(5-2)22(16)24(15(3)25)12-11-21(26)23-18-9-10-19-20(13-18)28-14-27-19/h6-10,13H,4-5,11-12,14H2,1-3H3,(H,23,26). The molecule has 0 aromatic heterocycles. The molecule has 6 nitrogen and oxygen atoms in total. The van der Waals surface area contributed by atoms with Gasteiger partial charge in [-0.05, 0) is 36.1 Å². The van der Waals surface area contributed by atoms with Crippen LogP contribution in [0.1, 0.15) is 38.3 Å². The van der Waals surface area contributed by atoms with E-state index in [1.807, 2.05) is 18.2 Å². The van der Waals surface area contributed by atoms with Crippen LogP contribution in [0.3, 0.4) is 0 Å². The topological polar surface area (TPSA) is 67.9 Å². The molecule has 0 bridgehead atoms. The van der Waals surface area contributed by atoms with Gasteiger partial charge in [-0.25, -0.2) is 0 Å². The predicted octanol–water partition coefficient (Wildman–Crippen LogP) is 3.92. The van der Waals surface area contributed by atoms with E-state index >= 15 is 0 Å². The van der Waals surface area contributed by atoms with Gasteiger partial charge in [0.15, 0.2) is 11.5 Å². The van der Waals surface area contributed by atoms with Gasteiger partial charge in [-0.15, -0.1) is 0 Å². The number of nitrogens with zero attached hydrogens (tertiary/aromatic N) is 1. The van der Waals surface area contributed by atoms with Gasteiger partial charge in [-0.2, -0.15) is 0 Å². The summed E-state index contributed by atoms with van der Waals surface area (Å²) in [7, 11) is 0. The molecule has 2 aromatic rings. The Morgan fingerprint density at radius 1 is 1.04 bits per heavy atom. The number of carbonyl (C=O) groups is 2. The Bertz CT molecular complexity index is 857. The normalized spacial score (nSPS) is 12.0. The third-order valence-electron chi connectivity index (χ3n) is 4.83. The molecule has 6 heteroatoms. The molecule has 0 saturated heterocycles. The fraction of sp³-hybridized carbons (Fsp3) is 0.364. The van der Waals surface area contributed by atoms with Gasteiger partial charge >= 0.3 is 0 Å². The van der Waals surface area contributed by atoms with Crippen LogP contribution in [0.2, 0.25) is 0 Å². The number of anilines is 2. The number of hydrogen-bond donors (Lipinski definition) is 1. The van der Waals surface area contributed by atoms with Gasteiger partial charge in [0.25, 0.3) is 0 Å². The number of hydrogen-bond acceptors (Lipinski definition) is 4. The lowest BCUT2D eigenvalue weighted by molar-refractivity contribution is -0.117. The van der Waals surface area contributed by atoms with Crippen LogP contribution < -0.4 is 19.7 Å². The fourth-order valence-electron chi connectivity index (χ4n) is 3.40. The van der Waals surface area contributed by atoms with E-state index in [9.17, 15) is 9.59 Å². The van der Waals surface area contributed by atoms with Crippen LogP contribution in [-0.2, 0) is 22.4 Å². The first kappa shape index (κ1) is 19.7. The highest BCUT2D eigenvalue weighted by atomic mass is 16.7. The van der Waals surface area contributed by atoms with Crippen LogP contribution >= 0.6 is 0 Å². The molecule has 0 aliphatic carbocycles. The highest BCUT2D eigenvalue weighted by Gasteiger charge is 2.20. The maximum Gasteiger partial charge on any atom is 0.231 e. The van der Waals surface area contributed by atoms with E-state index in [0.717, 1.165) is 29.7 Å². The summed E-state index contributed by atoms with van der Waals surface area (Å²) >= 11 is 0. The molecule has 0 unspecified atom stereocenters. The van der Waals surface area contributed by atoms with Crippen molar-refractivity contribution in [3.05, 3.63) is 47.5 Å². The molecule has 1 aliphatic heterocycles. The lowest BCUT2D eigenvalue weighted by Crippen LogP contribution is -2.33. The number of amides is 2. The summed E-state index contributed by atoms with van der Waals surface area (Å²) in [6.07, 6.45) is 1.86. The van der Waals surface area contributed by atoms with Crippen molar-refractivity contribution < 1.29 is 19.1 Å². The molecule has 0 radical (unpaired) electrons. The van der Waals surface area contributed by atoms with Crippen LogP contribution in [0.4, 0.5) is 11.4 Å². The Morgan fingerprint density at radius 2 is 1.71 bits per heavy atom. The van der Waals surface area contributed by atoms with Crippen LogP contribution in [-0.4, -0.2) is 25.2 Å². The molecule has 1 N–H and O–H groups in total. The molecule has 28 heavy (non-hydrogen) atoms. The van der Waals surface area contributed by atoms with E-state index in [1.54, 1.807) is 30.0 Å². The van der Waals surface area contributed by atoms with E-state index in [0.29, 0.717) is 23.7 Å². The Hall–Kier alpha value is -3.02.